The van der Waals surface area contributed by atoms with Gasteiger partial charge in [0.05, 0.1) is 0 Å². The average Bonchev–Trinajstić information content (AvgIpc) is 2.47. The highest BCUT2D eigenvalue weighted by Gasteiger charge is 2.11. The van der Waals surface area contributed by atoms with Crippen LogP contribution < -0.4 is 5.46 Å². The summed E-state index contributed by atoms with van der Waals surface area (Å²) in [6.07, 6.45) is 3.41. The molecule has 0 spiro atoms. The second-order valence-electron chi connectivity index (χ2n) is 2.96. The van der Waals surface area contributed by atoms with Crippen LogP contribution in [0.2, 0.25) is 0 Å². The summed E-state index contributed by atoms with van der Waals surface area (Å²) in [5, 5.41) is 17.9. The van der Waals surface area contributed by atoms with Gasteiger partial charge in [0, 0.05) is 18.1 Å². The van der Waals surface area contributed by atoms with Gasteiger partial charge in [-0.15, -0.1) is 0 Å². The summed E-state index contributed by atoms with van der Waals surface area (Å²) >= 11 is 0. The Morgan fingerprint density at radius 3 is 2.85 bits per heavy atom. The minimum absolute atomic E-state index is 0.466. The molecule has 0 saturated carbocycles. The molecule has 0 saturated heterocycles. The molecule has 2 N–H and O–H groups in total. The van der Waals surface area contributed by atoms with Crippen molar-refractivity contribution >= 4 is 18.2 Å². The van der Waals surface area contributed by atoms with Gasteiger partial charge in [-0.2, -0.15) is 0 Å². The number of nitrogens with zero attached hydrogens (tertiary/aromatic N) is 2. The highest BCUT2D eigenvalue weighted by atomic mass is 16.4. The molecule has 0 aromatic carbocycles. The van der Waals surface area contributed by atoms with Crippen LogP contribution in [0.4, 0.5) is 0 Å². The first-order valence-electron chi connectivity index (χ1n) is 3.98. The topological polar surface area (TPSA) is 57.8 Å². The van der Waals surface area contributed by atoms with Crippen LogP contribution >= 0.6 is 0 Å². The number of rotatable bonds is 1. The summed E-state index contributed by atoms with van der Waals surface area (Å²) in [6.45, 7) is 1.91. The van der Waals surface area contributed by atoms with Gasteiger partial charge in [0.1, 0.15) is 5.65 Å². The van der Waals surface area contributed by atoms with Gasteiger partial charge in [0.25, 0.3) is 0 Å². The van der Waals surface area contributed by atoms with Crippen LogP contribution in [0.5, 0.6) is 0 Å². The van der Waals surface area contributed by atoms with E-state index in [4.69, 9.17) is 10.0 Å². The molecule has 0 aliphatic carbocycles. The lowest BCUT2D eigenvalue weighted by Crippen LogP contribution is -2.30. The van der Waals surface area contributed by atoms with Gasteiger partial charge in [-0.1, -0.05) is 6.07 Å². The number of fused-ring (bicyclic) bond motifs is 1. The third-order valence-corrected chi connectivity index (χ3v) is 2.01. The Bertz CT molecular complexity index is 439. The van der Waals surface area contributed by atoms with Crippen LogP contribution in [0.15, 0.2) is 24.5 Å². The van der Waals surface area contributed by atoms with Crippen molar-refractivity contribution in [3.63, 3.8) is 0 Å². The molecule has 0 bridgehead atoms. The summed E-state index contributed by atoms with van der Waals surface area (Å²) in [6, 6.07) is 3.40. The molecule has 2 heterocycles. The third kappa shape index (κ3) is 1.32. The highest BCUT2D eigenvalue weighted by Crippen LogP contribution is 2.02. The fourth-order valence-corrected chi connectivity index (χ4v) is 1.27. The molecule has 2 aromatic heterocycles. The van der Waals surface area contributed by atoms with Crippen molar-refractivity contribution < 1.29 is 10.0 Å². The molecule has 5 heteroatoms. The molecule has 0 atom stereocenters. The Morgan fingerprint density at radius 2 is 2.15 bits per heavy atom. The summed E-state index contributed by atoms with van der Waals surface area (Å²) in [5.41, 5.74) is 2.24. The van der Waals surface area contributed by atoms with E-state index in [1.54, 1.807) is 24.5 Å². The van der Waals surface area contributed by atoms with E-state index < -0.39 is 7.12 Å². The van der Waals surface area contributed by atoms with Crippen molar-refractivity contribution in [1.82, 2.24) is 9.38 Å². The highest BCUT2D eigenvalue weighted by molar-refractivity contribution is 6.58. The maximum atomic E-state index is 8.93. The molecule has 2 rings (SSSR count). The predicted octanol–water partition coefficient (Wildman–Crippen LogP) is -0.677. The van der Waals surface area contributed by atoms with E-state index in [-0.39, 0.29) is 0 Å². The van der Waals surface area contributed by atoms with Crippen molar-refractivity contribution in [1.29, 1.82) is 0 Å². The van der Waals surface area contributed by atoms with Gasteiger partial charge in [-0.05, 0) is 18.5 Å². The Kier molecular flexibility index (Phi) is 1.83. The molecule has 0 fully saturated rings. The van der Waals surface area contributed by atoms with Gasteiger partial charge in [0.15, 0.2) is 0 Å². The van der Waals surface area contributed by atoms with Crippen LogP contribution in [0.25, 0.3) is 5.65 Å². The predicted molar refractivity (Wildman–Crippen MR) is 49.8 cm³/mol. The Labute approximate surface area is 75.6 Å². The van der Waals surface area contributed by atoms with E-state index in [1.165, 1.54) is 0 Å². The maximum absolute atomic E-state index is 8.93. The van der Waals surface area contributed by atoms with Gasteiger partial charge in [0.2, 0.25) is 0 Å². The van der Waals surface area contributed by atoms with Crippen molar-refractivity contribution in [3.8, 4) is 0 Å². The fraction of sp³-hybridized carbons (Fsp3) is 0.125. The van der Waals surface area contributed by atoms with E-state index in [0.29, 0.717) is 5.46 Å². The van der Waals surface area contributed by atoms with Crippen molar-refractivity contribution in [2.75, 3.05) is 0 Å². The zero-order valence-electron chi connectivity index (χ0n) is 7.18. The molecular formula is C8H9BN2O2. The molecular weight excluding hydrogens is 167 g/mol. The number of hydrogen-bond acceptors (Lipinski definition) is 3. The SMILES string of the molecule is Cc1cnc2ccc(B(O)O)cn12. The van der Waals surface area contributed by atoms with Crippen LogP contribution in [-0.4, -0.2) is 26.6 Å². The maximum Gasteiger partial charge on any atom is 0.489 e. The minimum Gasteiger partial charge on any atom is -0.423 e. The smallest absolute Gasteiger partial charge is 0.423 e. The molecule has 0 aliphatic rings. The van der Waals surface area contributed by atoms with Crippen LogP contribution in [0, 0.1) is 6.92 Å². The molecule has 2 aromatic rings. The average molecular weight is 176 g/mol. The van der Waals surface area contributed by atoms with E-state index in [0.717, 1.165) is 11.3 Å². The number of pyridine rings is 1. The molecule has 4 nitrogen and oxygen atoms in total. The van der Waals surface area contributed by atoms with Crippen LogP contribution in [-0.2, 0) is 0 Å². The fourth-order valence-electron chi connectivity index (χ4n) is 1.27. The number of hydrogen-bond donors (Lipinski definition) is 2. The largest absolute Gasteiger partial charge is 0.489 e. The molecule has 66 valence electrons. The molecule has 0 amide bonds. The molecule has 0 aliphatic heterocycles. The Balaban J connectivity index is 2.66. The van der Waals surface area contributed by atoms with E-state index in [2.05, 4.69) is 4.98 Å². The van der Waals surface area contributed by atoms with Gasteiger partial charge in [-0.3, -0.25) is 0 Å². The van der Waals surface area contributed by atoms with E-state index in [9.17, 15) is 0 Å². The zero-order valence-corrected chi connectivity index (χ0v) is 7.18. The van der Waals surface area contributed by atoms with Gasteiger partial charge in [-0.25, -0.2) is 4.98 Å². The lowest BCUT2D eigenvalue weighted by molar-refractivity contribution is 0.425. The monoisotopic (exact) mass is 176 g/mol. The summed E-state index contributed by atoms with van der Waals surface area (Å²) in [5.74, 6) is 0. The Morgan fingerprint density at radius 1 is 1.38 bits per heavy atom. The lowest BCUT2D eigenvalue weighted by atomic mass is 9.82. The summed E-state index contributed by atoms with van der Waals surface area (Å²) < 4.78 is 1.81. The van der Waals surface area contributed by atoms with E-state index >= 15 is 0 Å². The minimum atomic E-state index is -1.42. The van der Waals surface area contributed by atoms with Crippen LogP contribution in [0.1, 0.15) is 5.69 Å². The van der Waals surface area contributed by atoms with Crippen molar-refractivity contribution in [2.24, 2.45) is 0 Å². The summed E-state index contributed by atoms with van der Waals surface area (Å²) in [7, 11) is -1.42. The first kappa shape index (κ1) is 8.28. The second kappa shape index (κ2) is 2.87. The summed E-state index contributed by atoms with van der Waals surface area (Å²) in [4.78, 5) is 4.12. The number of aromatic nitrogens is 2. The first-order chi connectivity index (χ1) is 6.18. The number of aryl methyl sites for hydroxylation is 1. The molecule has 13 heavy (non-hydrogen) atoms. The van der Waals surface area contributed by atoms with E-state index in [1.807, 2.05) is 11.3 Å². The Hall–Kier alpha value is -1.33. The number of imidazole rings is 1. The normalized spacial score (nSPS) is 10.7. The molecule has 0 unspecified atom stereocenters. The van der Waals surface area contributed by atoms with Gasteiger partial charge >= 0.3 is 7.12 Å². The second-order valence-corrected chi connectivity index (χ2v) is 2.96. The lowest BCUT2D eigenvalue weighted by Gasteiger charge is -2.01. The standard InChI is InChI=1S/C8H9BN2O2/c1-6-4-10-8-3-2-7(9(12)13)5-11(6)8/h2-5,12-13H,1H3. The van der Waals surface area contributed by atoms with Gasteiger partial charge < -0.3 is 14.4 Å². The zero-order chi connectivity index (χ0) is 9.42. The third-order valence-electron chi connectivity index (χ3n) is 2.01. The van der Waals surface area contributed by atoms with Crippen LogP contribution in [0.3, 0.4) is 0 Å². The first-order valence-corrected chi connectivity index (χ1v) is 3.98. The molecule has 0 radical (unpaired) electrons. The quantitative estimate of drug-likeness (QED) is 0.566. The van der Waals surface area contributed by atoms with Crippen molar-refractivity contribution in [2.45, 2.75) is 6.92 Å². The van der Waals surface area contributed by atoms with Crippen molar-refractivity contribution in [3.05, 3.63) is 30.2 Å².